The van der Waals surface area contributed by atoms with Crippen LogP contribution in [0.5, 0.6) is 0 Å². The van der Waals surface area contributed by atoms with Gasteiger partial charge in [-0.05, 0) is 36.7 Å². The van der Waals surface area contributed by atoms with E-state index in [9.17, 15) is 15.0 Å². The summed E-state index contributed by atoms with van der Waals surface area (Å²) >= 11 is 0. The van der Waals surface area contributed by atoms with Gasteiger partial charge in [0.1, 0.15) is 12.6 Å². The Morgan fingerprint density at radius 1 is 1.37 bits per heavy atom. The van der Waals surface area contributed by atoms with E-state index in [1.807, 2.05) is 30.3 Å². The molecule has 1 aromatic rings. The van der Waals surface area contributed by atoms with E-state index in [1.54, 1.807) is 0 Å². The lowest BCUT2D eigenvalue weighted by molar-refractivity contribution is -0.237. The van der Waals surface area contributed by atoms with Crippen molar-refractivity contribution in [1.82, 2.24) is 4.90 Å². The summed E-state index contributed by atoms with van der Waals surface area (Å²) in [7, 11) is 0. The van der Waals surface area contributed by atoms with Crippen LogP contribution in [-0.2, 0) is 16.1 Å². The van der Waals surface area contributed by atoms with Crippen molar-refractivity contribution < 1.29 is 24.5 Å². The van der Waals surface area contributed by atoms with Crippen LogP contribution < -0.4 is 0 Å². The van der Waals surface area contributed by atoms with Gasteiger partial charge in [-0.2, -0.15) is 0 Å². The summed E-state index contributed by atoms with van der Waals surface area (Å²) in [5, 5.41) is 21.1. The van der Waals surface area contributed by atoms with Gasteiger partial charge >= 0.3 is 6.09 Å². The van der Waals surface area contributed by atoms with Gasteiger partial charge in [-0.1, -0.05) is 44.2 Å². The van der Waals surface area contributed by atoms with Crippen LogP contribution in [0.25, 0.3) is 0 Å². The summed E-state index contributed by atoms with van der Waals surface area (Å²) in [4.78, 5) is 14.1. The largest absolute Gasteiger partial charge is 0.445 e. The molecular weight excluding hydrogens is 346 g/mol. The third-order valence-electron chi connectivity index (χ3n) is 5.75. The van der Waals surface area contributed by atoms with Gasteiger partial charge < -0.3 is 19.7 Å². The molecule has 2 aliphatic rings. The average Bonchev–Trinajstić information content (AvgIpc) is 2.82. The third kappa shape index (κ3) is 4.45. The molecule has 2 heterocycles. The van der Waals surface area contributed by atoms with Crippen molar-refractivity contribution in [3.8, 4) is 0 Å². The molecule has 2 fully saturated rings. The van der Waals surface area contributed by atoms with E-state index in [4.69, 9.17) is 9.47 Å². The van der Waals surface area contributed by atoms with Crippen molar-refractivity contribution in [1.29, 1.82) is 0 Å². The number of ether oxygens (including phenoxy) is 2. The highest BCUT2D eigenvalue weighted by molar-refractivity contribution is 5.69. The SMILES string of the molecule is CC(C)C[C@@H]1CCO[C@]2(O)[C@@H](C1)CN(C(=O)OCc1ccccc1)[C@@H]2CO. The van der Waals surface area contributed by atoms with Gasteiger partial charge in [0.05, 0.1) is 13.2 Å². The van der Waals surface area contributed by atoms with Crippen LogP contribution in [0.4, 0.5) is 4.79 Å². The van der Waals surface area contributed by atoms with Crippen molar-refractivity contribution in [2.45, 2.75) is 51.5 Å². The normalized spacial score (nSPS) is 30.9. The molecule has 1 aromatic carbocycles. The van der Waals surface area contributed by atoms with Gasteiger partial charge in [0, 0.05) is 12.5 Å². The van der Waals surface area contributed by atoms with Crippen LogP contribution in [0, 0.1) is 17.8 Å². The Labute approximate surface area is 161 Å². The number of aliphatic hydroxyl groups is 2. The third-order valence-corrected chi connectivity index (χ3v) is 5.75. The molecule has 0 aliphatic carbocycles. The van der Waals surface area contributed by atoms with Crippen LogP contribution in [0.1, 0.15) is 38.7 Å². The molecule has 2 saturated heterocycles. The standard InChI is InChI=1S/C21H31NO5/c1-15(2)10-17-8-9-27-21(25)18(11-17)12-22(19(21)13-23)20(24)26-14-16-6-4-3-5-7-16/h3-7,15,17-19,23,25H,8-14H2,1-2H3/t17-,18-,19+,21+/m0/s1. The first-order chi connectivity index (χ1) is 12.9. The second-order valence-corrected chi connectivity index (χ2v) is 8.21. The fourth-order valence-corrected chi connectivity index (χ4v) is 4.47. The number of carbonyl (C=O) groups is 1. The fourth-order valence-electron chi connectivity index (χ4n) is 4.47. The zero-order valence-electron chi connectivity index (χ0n) is 16.2. The molecule has 0 radical (unpaired) electrons. The van der Waals surface area contributed by atoms with Crippen LogP contribution >= 0.6 is 0 Å². The number of nitrogens with zero attached hydrogens (tertiary/aromatic N) is 1. The molecule has 0 unspecified atom stereocenters. The van der Waals surface area contributed by atoms with Crippen molar-refractivity contribution in [3.05, 3.63) is 35.9 Å². The Morgan fingerprint density at radius 3 is 2.78 bits per heavy atom. The molecular formula is C21H31NO5. The minimum absolute atomic E-state index is 0.161. The summed E-state index contributed by atoms with van der Waals surface area (Å²) in [6.45, 7) is 4.96. The Balaban J connectivity index is 1.69. The van der Waals surface area contributed by atoms with Crippen molar-refractivity contribution in [2.24, 2.45) is 17.8 Å². The Bertz CT molecular complexity index is 622. The molecule has 3 rings (SSSR count). The highest BCUT2D eigenvalue weighted by atomic mass is 16.6. The van der Waals surface area contributed by atoms with E-state index >= 15 is 0 Å². The number of likely N-dealkylation sites (tertiary alicyclic amines) is 1. The number of hydrogen-bond acceptors (Lipinski definition) is 5. The van der Waals surface area contributed by atoms with Crippen molar-refractivity contribution in [2.75, 3.05) is 19.8 Å². The number of carbonyl (C=O) groups excluding carboxylic acids is 1. The number of aliphatic hydroxyl groups excluding tert-OH is 1. The summed E-state index contributed by atoms with van der Waals surface area (Å²) in [6.07, 6.45) is 2.22. The molecule has 0 bridgehead atoms. The first kappa shape index (κ1) is 20.1. The van der Waals surface area contributed by atoms with Crippen LogP contribution in [0.3, 0.4) is 0 Å². The minimum Gasteiger partial charge on any atom is -0.445 e. The van der Waals surface area contributed by atoms with Crippen LogP contribution in [0.15, 0.2) is 30.3 Å². The molecule has 0 aromatic heterocycles. The number of hydrogen-bond donors (Lipinski definition) is 2. The molecule has 6 heteroatoms. The van der Waals surface area contributed by atoms with E-state index in [0.29, 0.717) is 25.0 Å². The molecule has 2 aliphatic heterocycles. The maximum absolute atomic E-state index is 12.6. The van der Waals surface area contributed by atoms with E-state index in [0.717, 1.165) is 24.8 Å². The maximum atomic E-state index is 12.6. The average molecular weight is 377 g/mol. The highest BCUT2D eigenvalue weighted by Crippen LogP contribution is 2.43. The summed E-state index contributed by atoms with van der Waals surface area (Å²) in [6, 6.07) is 8.65. The van der Waals surface area contributed by atoms with Crippen LogP contribution in [-0.4, -0.2) is 52.8 Å². The summed E-state index contributed by atoms with van der Waals surface area (Å²) in [5.74, 6) is -0.705. The van der Waals surface area contributed by atoms with Gasteiger partial charge in [0.2, 0.25) is 0 Å². The monoisotopic (exact) mass is 377 g/mol. The van der Waals surface area contributed by atoms with Crippen molar-refractivity contribution >= 4 is 6.09 Å². The maximum Gasteiger partial charge on any atom is 0.410 e. The van der Waals surface area contributed by atoms with Gasteiger partial charge in [-0.25, -0.2) is 4.79 Å². The van der Waals surface area contributed by atoms with Gasteiger partial charge in [0.15, 0.2) is 5.79 Å². The predicted octanol–water partition coefficient (Wildman–Crippen LogP) is 2.78. The number of rotatable bonds is 5. The summed E-state index contributed by atoms with van der Waals surface area (Å²) < 4.78 is 11.2. The molecule has 4 atom stereocenters. The second-order valence-electron chi connectivity index (χ2n) is 8.21. The second kappa shape index (κ2) is 8.59. The predicted molar refractivity (Wildman–Crippen MR) is 101 cm³/mol. The lowest BCUT2D eigenvalue weighted by atomic mass is 9.84. The Kier molecular flexibility index (Phi) is 6.40. The topological polar surface area (TPSA) is 79.2 Å². The highest BCUT2D eigenvalue weighted by Gasteiger charge is 2.57. The lowest BCUT2D eigenvalue weighted by Crippen LogP contribution is -2.52. The quantitative estimate of drug-likeness (QED) is 0.825. The van der Waals surface area contributed by atoms with Gasteiger partial charge in [-0.3, -0.25) is 4.90 Å². The van der Waals surface area contributed by atoms with E-state index < -0.39 is 17.9 Å². The molecule has 27 heavy (non-hydrogen) atoms. The Morgan fingerprint density at radius 2 is 2.11 bits per heavy atom. The van der Waals surface area contributed by atoms with Gasteiger partial charge in [0.25, 0.3) is 0 Å². The number of amides is 1. The van der Waals surface area contributed by atoms with E-state index in [1.165, 1.54) is 4.90 Å². The van der Waals surface area contributed by atoms with E-state index in [-0.39, 0.29) is 19.1 Å². The zero-order valence-corrected chi connectivity index (χ0v) is 16.2. The van der Waals surface area contributed by atoms with Crippen molar-refractivity contribution in [3.63, 3.8) is 0 Å². The first-order valence-electron chi connectivity index (χ1n) is 9.88. The molecule has 2 N–H and O–H groups in total. The molecule has 6 nitrogen and oxygen atoms in total. The Hall–Kier alpha value is -1.63. The smallest absolute Gasteiger partial charge is 0.410 e. The van der Waals surface area contributed by atoms with Crippen LogP contribution in [0.2, 0.25) is 0 Å². The van der Waals surface area contributed by atoms with E-state index in [2.05, 4.69) is 13.8 Å². The summed E-state index contributed by atoms with van der Waals surface area (Å²) in [5.41, 5.74) is 0.895. The fraction of sp³-hybridized carbons (Fsp3) is 0.667. The molecule has 0 spiro atoms. The molecule has 150 valence electrons. The molecule has 1 amide bonds. The number of fused-ring (bicyclic) bond motifs is 1. The van der Waals surface area contributed by atoms with Gasteiger partial charge in [-0.15, -0.1) is 0 Å². The minimum atomic E-state index is -1.51. The molecule has 0 saturated carbocycles. The first-order valence-corrected chi connectivity index (χ1v) is 9.88. The lowest BCUT2D eigenvalue weighted by Gasteiger charge is -2.33. The number of benzene rings is 1. The zero-order chi connectivity index (χ0) is 19.4.